The number of carbonyl (C=O) groups is 1. The molecule has 1 N–H and O–H groups in total. The van der Waals surface area contributed by atoms with E-state index in [9.17, 15) is 13.2 Å². The lowest BCUT2D eigenvalue weighted by molar-refractivity contribution is -0.149. The van der Waals surface area contributed by atoms with Gasteiger partial charge >= 0.3 is 5.97 Å². The summed E-state index contributed by atoms with van der Waals surface area (Å²) in [7, 11) is -1.98. The first-order valence-corrected chi connectivity index (χ1v) is 8.80. The number of fused-ring (bicyclic) bond motifs is 1. The van der Waals surface area contributed by atoms with Gasteiger partial charge in [-0.2, -0.15) is 0 Å². The van der Waals surface area contributed by atoms with E-state index in [1.165, 1.54) is 7.11 Å². The van der Waals surface area contributed by atoms with Crippen molar-refractivity contribution in [2.75, 3.05) is 19.4 Å². The predicted molar refractivity (Wildman–Crippen MR) is 77.5 cm³/mol. The van der Waals surface area contributed by atoms with Crippen LogP contribution in [0.1, 0.15) is 24.8 Å². The van der Waals surface area contributed by atoms with Gasteiger partial charge in [0.15, 0.2) is 9.84 Å². The van der Waals surface area contributed by atoms with Crippen LogP contribution in [0.3, 0.4) is 0 Å². The van der Waals surface area contributed by atoms with Crippen LogP contribution in [0.15, 0.2) is 29.2 Å². The monoisotopic (exact) mass is 309 g/mol. The van der Waals surface area contributed by atoms with Crippen molar-refractivity contribution in [2.24, 2.45) is 5.92 Å². The smallest absolute Gasteiger partial charge is 0.330 e. The summed E-state index contributed by atoms with van der Waals surface area (Å²) < 4.78 is 29.5. The highest BCUT2D eigenvalue weighted by atomic mass is 32.2. The highest BCUT2D eigenvalue weighted by Crippen LogP contribution is 2.39. The van der Waals surface area contributed by atoms with Crippen LogP contribution in [0.4, 0.5) is 0 Å². The highest BCUT2D eigenvalue weighted by Gasteiger charge is 2.48. The molecule has 21 heavy (non-hydrogen) atoms. The van der Waals surface area contributed by atoms with Gasteiger partial charge in [-0.05, 0) is 37.8 Å². The molecule has 3 rings (SSSR count). The Balaban J connectivity index is 2.08. The molecule has 1 saturated carbocycles. The first-order chi connectivity index (χ1) is 9.99. The SMILES string of the molecule is COC(=O)C1(NCC2CC2)CCS(=O)(=O)c2ccccc21. The Hall–Kier alpha value is -1.40. The molecule has 6 heteroatoms. The van der Waals surface area contributed by atoms with Crippen molar-refractivity contribution in [2.45, 2.75) is 29.7 Å². The summed E-state index contributed by atoms with van der Waals surface area (Å²) in [6, 6.07) is 6.73. The molecule has 5 nitrogen and oxygen atoms in total. The third-order valence-electron chi connectivity index (χ3n) is 4.35. The second-order valence-electron chi connectivity index (χ2n) is 5.79. The minimum atomic E-state index is -3.33. The summed E-state index contributed by atoms with van der Waals surface area (Å²) in [4.78, 5) is 12.7. The molecular formula is C15H19NO4S. The Morgan fingerprint density at radius 3 is 2.76 bits per heavy atom. The standard InChI is InChI=1S/C15H19NO4S/c1-20-14(17)15(16-10-11-6-7-11)8-9-21(18,19)13-5-3-2-4-12(13)15/h2-5,11,16H,6-10H2,1H3. The van der Waals surface area contributed by atoms with Crippen molar-refractivity contribution in [3.63, 3.8) is 0 Å². The summed E-state index contributed by atoms with van der Waals surface area (Å²) in [6.07, 6.45) is 2.53. The highest BCUT2D eigenvalue weighted by molar-refractivity contribution is 7.91. The van der Waals surface area contributed by atoms with Gasteiger partial charge in [-0.25, -0.2) is 13.2 Å². The second-order valence-corrected chi connectivity index (χ2v) is 7.86. The molecule has 0 bridgehead atoms. The molecule has 1 heterocycles. The zero-order valence-electron chi connectivity index (χ0n) is 12.0. The molecule has 1 atom stereocenters. The van der Waals surface area contributed by atoms with Crippen LogP contribution in [0.2, 0.25) is 0 Å². The van der Waals surface area contributed by atoms with Gasteiger partial charge in [0, 0.05) is 5.56 Å². The van der Waals surface area contributed by atoms with E-state index >= 15 is 0 Å². The van der Waals surface area contributed by atoms with Crippen molar-refractivity contribution < 1.29 is 17.9 Å². The maximum absolute atomic E-state index is 12.4. The molecule has 0 spiro atoms. The molecule has 0 amide bonds. The number of nitrogens with one attached hydrogen (secondary N) is 1. The normalized spacial score (nSPS) is 26.9. The summed E-state index contributed by atoms with van der Waals surface area (Å²) in [6.45, 7) is 0.712. The van der Waals surface area contributed by atoms with E-state index in [0.717, 1.165) is 12.8 Å². The van der Waals surface area contributed by atoms with Crippen molar-refractivity contribution in [3.8, 4) is 0 Å². The van der Waals surface area contributed by atoms with Crippen LogP contribution in [0.25, 0.3) is 0 Å². The van der Waals surface area contributed by atoms with E-state index in [1.807, 2.05) is 0 Å². The number of esters is 1. The minimum absolute atomic E-state index is 0.0449. The van der Waals surface area contributed by atoms with Crippen LogP contribution >= 0.6 is 0 Å². The number of carbonyl (C=O) groups excluding carboxylic acids is 1. The number of methoxy groups -OCH3 is 1. The number of sulfone groups is 1. The van der Waals surface area contributed by atoms with Crippen LogP contribution in [-0.4, -0.2) is 33.8 Å². The molecule has 1 aliphatic carbocycles. The molecule has 1 aromatic rings. The number of ether oxygens (including phenoxy) is 1. The summed E-state index contributed by atoms with van der Waals surface area (Å²) in [5.41, 5.74) is -0.525. The maximum Gasteiger partial charge on any atom is 0.330 e. The van der Waals surface area contributed by atoms with Gasteiger partial charge in [0.2, 0.25) is 0 Å². The molecule has 0 aromatic heterocycles. The lowest BCUT2D eigenvalue weighted by Crippen LogP contribution is -2.54. The van der Waals surface area contributed by atoms with E-state index in [0.29, 0.717) is 18.0 Å². The summed E-state index contributed by atoms with van der Waals surface area (Å²) in [5.74, 6) is 0.124. The van der Waals surface area contributed by atoms with Crippen molar-refractivity contribution in [3.05, 3.63) is 29.8 Å². The molecule has 1 unspecified atom stereocenters. The Labute approximate surface area is 124 Å². The molecular weight excluding hydrogens is 290 g/mol. The lowest BCUT2D eigenvalue weighted by Gasteiger charge is -2.37. The third kappa shape index (κ3) is 2.46. The zero-order chi connectivity index (χ0) is 15.1. The number of benzene rings is 1. The molecule has 1 aliphatic heterocycles. The van der Waals surface area contributed by atoms with Crippen LogP contribution < -0.4 is 5.32 Å². The van der Waals surface area contributed by atoms with E-state index in [-0.39, 0.29) is 17.1 Å². The Morgan fingerprint density at radius 1 is 1.38 bits per heavy atom. The Kier molecular flexibility index (Phi) is 3.53. The predicted octanol–water partition coefficient (Wildman–Crippen LogP) is 1.23. The van der Waals surface area contributed by atoms with Crippen LogP contribution in [-0.2, 0) is 24.9 Å². The van der Waals surface area contributed by atoms with Crippen LogP contribution in [0.5, 0.6) is 0 Å². The fourth-order valence-corrected chi connectivity index (χ4v) is 4.56. The Morgan fingerprint density at radius 2 is 2.10 bits per heavy atom. The van der Waals surface area contributed by atoms with Crippen molar-refractivity contribution in [1.29, 1.82) is 0 Å². The van der Waals surface area contributed by atoms with Gasteiger partial charge in [0.05, 0.1) is 17.8 Å². The Bertz CT molecular complexity index is 666. The van der Waals surface area contributed by atoms with Crippen LogP contribution in [0, 0.1) is 5.92 Å². The first-order valence-electron chi connectivity index (χ1n) is 7.15. The molecule has 0 radical (unpaired) electrons. The van der Waals surface area contributed by atoms with E-state index in [2.05, 4.69) is 5.32 Å². The fourth-order valence-electron chi connectivity index (χ4n) is 2.91. The van der Waals surface area contributed by atoms with Crippen molar-refractivity contribution in [1.82, 2.24) is 5.32 Å². The number of rotatable bonds is 4. The van der Waals surface area contributed by atoms with Gasteiger partial charge in [-0.15, -0.1) is 0 Å². The quantitative estimate of drug-likeness (QED) is 0.847. The summed E-state index contributed by atoms with van der Waals surface area (Å²) >= 11 is 0. The second kappa shape index (κ2) is 5.10. The van der Waals surface area contributed by atoms with Gasteiger partial charge in [-0.1, -0.05) is 18.2 Å². The maximum atomic E-state index is 12.4. The third-order valence-corrected chi connectivity index (χ3v) is 6.12. The number of hydrogen-bond donors (Lipinski definition) is 1. The molecule has 0 saturated heterocycles. The van der Waals surface area contributed by atoms with E-state index < -0.39 is 21.3 Å². The van der Waals surface area contributed by atoms with E-state index in [1.54, 1.807) is 24.3 Å². The lowest BCUT2D eigenvalue weighted by atomic mass is 9.86. The van der Waals surface area contributed by atoms with Crippen molar-refractivity contribution >= 4 is 15.8 Å². The average molecular weight is 309 g/mol. The molecule has 1 aromatic carbocycles. The van der Waals surface area contributed by atoms with Gasteiger partial charge < -0.3 is 4.74 Å². The fraction of sp³-hybridized carbons (Fsp3) is 0.533. The van der Waals surface area contributed by atoms with Gasteiger partial charge in [-0.3, -0.25) is 5.32 Å². The van der Waals surface area contributed by atoms with E-state index in [4.69, 9.17) is 4.74 Å². The topological polar surface area (TPSA) is 72.5 Å². The zero-order valence-corrected chi connectivity index (χ0v) is 12.8. The van der Waals surface area contributed by atoms with Gasteiger partial charge in [0.25, 0.3) is 0 Å². The molecule has 114 valence electrons. The largest absolute Gasteiger partial charge is 0.467 e. The number of hydrogen-bond acceptors (Lipinski definition) is 5. The van der Waals surface area contributed by atoms with Gasteiger partial charge in [0.1, 0.15) is 5.54 Å². The molecule has 2 aliphatic rings. The minimum Gasteiger partial charge on any atom is -0.467 e. The average Bonchev–Trinajstić information content (AvgIpc) is 3.31. The first kappa shape index (κ1) is 14.5. The molecule has 1 fully saturated rings. The summed E-state index contributed by atoms with van der Waals surface area (Å²) in [5, 5.41) is 3.30.